The first-order valence-electron chi connectivity index (χ1n) is 4.55. The summed E-state index contributed by atoms with van der Waals surface area (Å²) in [7, 11) is 2.92. The minimum Gasteiger partial charge on any atom is -0.469 e. The largest absolute Gasteiger partial charge is 0.469 e. The van der Waals surface area contributed by atoms with Crippen LogP contribution < -0.4 is 10.6 Å². The second kappa shape index (κ2) is 6.37. The van der Waals surface area contributed by atoms with Crippen molar-refractivity contribution in [1.29, 1.82) is 0 Å². The molecule has 2 N–H and O–H groups in total. The van der Waals surface area contributed by atoms with Gasteiger partial charge in [-0.15, -0.1) is 0 Å². The highest BCUT2D eigenvalue weighted by atomic mass is 16.5. The zero-order valence-corrected chi connectivity index (χ0v) is 9.09. The number of esters is 1. The summed E-state index contributed by atoms with van der Waals surface area (Å²) < 4.78 is 4.55. The van der Waals surface area contributed by atoms with E-state index < -0.39 is 0 Å². The third-order valence-electron chi connectivity index (χ3n) is 1.97. The molecule has 0 spiro atoms. The zero-order valence-electron chi connectivity index (χ0n) is 9.09. The first-order valence-corrected chi connectivity index (χ1v) is 4.55. The van der Waals surface area contributed by atoms with Crippen molar-refractivity contribution in [2.24, 2.45) is 5.92 Å². The lowest BCUT2D eigenvalue weighted by molar-refractivity contribution is -0.144. The summed E-state index contributed by atoms with van der Waals surface area (Å²) in [5, 5.41) is 5.45. The van der Waals surface area contributed by atoms with Crippen LogP contribution in [0, 0.1) is 5.92 Å². The molecule has 0 radical (unpaired) electrons. The molecule has 0 aliphatic carbocycles. The number of carbonyl (C=O) groups excluding carboxylic acids is 2. The van der Waals surface area contributed by atoms with E-state index in [1.807, 2.05) is 0 Å². The first kappa shape index (κ1) is 12.9. The summed E-state index contributed by atoms with van der Waals surface area (Å²) in [6, 6.07) is -0.299. The van der Waals surface area contributed by atoms with Crippen LogP contribution in [0.15, 0.2) is 0 Å². The normalized spacial score (nSPS) is 14.3. The SMILES string of the molecule is CNC(=O)C(C)NCC(C)C(=O)OC. The van der Waals surface area contributed by atoms with Crippen molar-refractivity contribution in [2.75, 3.05) is 20.7 Å². The molecule has 5 heteroatoms. The number of ether oxygens (including phenoxy) is 1. The molecule has 0 bridgehead atoms. The van der Waals surface area contributed by atoms with Crippen LogP contribution in [0.3, 0.4) is 0 Å². The topological polar surface area (TPSA) is 67.4 Å². The van der Waals surface area contributed by atoms with Crippen LogP contribution in [0.25, 0.3) is 0 Å². The van der Waals surface area contributed by atoms with E-state index in [2.05, 4.69) is 15.4 Å². The average molecular weight is 202 g/mol. The van der Waals surface area contributed by atoms with Gasteiger partial charge in [-0.05, 0) is 6.92 Å². The monoisotopic (exact) mass is 202 g/mol. The summed E-state index contributed by atoms with van der Waals surface area (Å²) in [4.78, 5) is 22.1. The number of likely N-dealkylation sites (N-methyl/N-ethyl adjacent to an activating group) is 1. The minimum atomic E-state index is -0.299. The Hall–Kier alpha value is -1.10. The molecule has 0 aliphatic heterocycles. The van der Waals surface area contributed by atoms with Gasteiger partial charge in [-0.1, -0.05) is 6.92 Å². The molecule has 0 aliphatic rings. The Morgan fingerprint density at radius 2 is 1.93 bits per heavy atom. The van der Waals surface area contributed by atoms with Gasteiger partial charge in [0.05, 0.1) is 19.1 Å². The van der Waals surface area contributed by atoms with Gasteiger partial charge < -0.3 is 15.4 Å². The molecule has 0 saturated heterocycles. The standard InChI is InChI=1S/C9H18N2O3/c1-6(9(13)14-4)5-11-7(2)8(12)10-3/h6-7,11H,5H2,1-4H3,(H,10,12). The van der Waals surface area contributed by atoms with Crippen LogP contribution in [-0.2, 0) is 14.3 Å². The van der Waals surface area contributed by atoms with E-state index in [0.717, 1.165) is 0 Å². The lowest BCUT2D eigenvalue weighted by Gasteiger charge is -2.14. The molecule has 0 aromatic heterocycles. The number of methoxy groups -OCH3 is 1. The molecular formula is C9H18N2O3. The Kier molecular flexibility index (Phi) is 5.87. The summed E-state index contributed by atoms with van der Waals surface area (Å²) in [6.45, 7) is 3.92. The molecule has 0 saturated carbocycles. The molecule has 14 heavy (non-hydrogen) atoms. The molecule has 2 atom stereocenters. The van der Waals surface area contributed by atoms with Crippen molar-refractivity contribution in [2.45, 2.75) is 19.9 Å². The maximum absolute atomic E-state index is 11.1. The third-order valence-corrected chi connectivity index (χ3v) is 1.97. The maximum Gasteiger partial charge on any atom is 0.309 e. The van der Waals surface area contributed by atoms with E-state index in [9.17, 15) is 9.59 Å². The molecule has 0 fully saturated rings. The fourth-order valence-corrected chi connectivity index (χ4v) is 0.947. The molecule has 0 rings (SSSR count). The van der Waals surface area contributed by atoms with Crippen LogP contribution in [0.1, 0.15) is 13.8 Å². The van der Waals surface area contributed by atoms with E-state index in [-0.39, 0.29) is 23.8 Å². The smallest absolute Gasteiger partial charge is 0.309 e. The van der Waals surface area contributed by atoms with Gasteiger partial charge in [0.1, 0.15) is 0 Å². The third kappa shape index (κ3) is 4.23. The van der Waals surface area contributed by atoms with E-state index in [0.29, 0.717) is 6.54 Å². The van der Waals surface area contributed by atoms with Gasteiger partial charge in [0.2, 0.25) is 5.91 Å². The highest BCUT2D eigenvalue weighted by Crippen LogP contribution is 1.96. The molecular weight excluding hydrogens is 184 g/mol. The van der Waals surface area contributed by atoms with Crippen molar-refractivity contribution >= 4 is 11.9 Å². The van der Waals surface area contributed by atoms with Gasteiger partial charge >= 0.3 is 5.97 Å². The summed E-state index contributed by atoms with van der Waals surface area (Å²) >= 11 is 0. The fourth-order valence-electron chi connectivity index (χ4n) is 0.947. The Morgan fingerprint density at radius 3 is 2.36 bits per heavy atom. The predicted octanol–water partition coefficient (Wildman–Crippen LogP) is -0.480. The van der Waals surface area contributed by atoms with Gasteiger partial charge in [0.25, 0.3) is 0 Å². The van der Waals surface area contributed by atoms with E-state index in [4.69, 9.17) is 0 Å². The van der Waals surface area contributed by atoms with Gasteiger partial charge in [-0.3, -0.25) is 9.59 Å². The average Bonchev–Trinajstić information content (AvgIpc) is 2.22. The van der Waals surface area contributed by atoms with E-state index in [1.54, 1.807) is 20.9 Å². The highest BCUT2D eigenvalue weighted by molar-refractivity contribution is 5.81. The van der Waals surface area contributed by atoms with Crippen molar-refractivity contribution in [3.63, 3.8) is 0 Å². The van der Waals surface area contributed by atoms with Crippen LogP contribution in [0.5, 0.6) is 0 Å². The quantitative estimate of drug-likeness (QED) is 0.591. The number of carbonyl (C=O) groups is 2. The Bertz CT molecular complexity index is 184. The highest BCUT2D eigenvalue weighted by Gasteiger charge is 2.16. The van der Waals surface area contributed by atoms with Gasteiger partial charge in [-0.25, -0.2) is 0 Å². The molecule has 5 nitrogen and oxygen atoms in total. The number of hydrogen-bond acceptors (Lipinski definition) is 4. The van der Waals surface area contributed by atoms with Crippen molar-refractivity contribution in [1.82, 2.24) is 10.6 Å². The Balaban J connectivity index is 3.82. The Labute approximate surface area is 84.2 Å². The number of hydrogen-bond donors (Lipinski definition) is 2. The molecule has 0 aromatic carbocycles. The van der Waals surface area contributed by atoms with Gasteiger partial charge in [0.15, 0.2) is 0 Å². The second-order valence-corrected chi connectivity index (χ2v) is 3.17. The maximum atomic E-state index is 11.1. The van der Waals surface area contributed by atoms with Crippen molar-refractivity contribution in [3.05, 3.63) is 0 Å². The second-order valence-electron chi connectivity index (χ2n) is 3.17. The number of rotatable bonds is 5. The lowest BCUT2D eigenvalue weighted by atomic mass is 10.1. The molecule has 82 valence electrons. The predicted molar refractivity (Wildman–Crippen MR) is 52.7 cm³/mol. The zero-order chi connectivity index (χ0) is 11.1. The summed E-state index contributed by atoms with van der Waals surface area (Å²) in [6.07, 6.45) is 0. The molecule has 0 heterocycles. The number of amides is 1. The van der Waals surface area contributed by atoms with Crippen molar-refractivity contribution in [3.8, 4) is 0 Å². The van der Waals surface area contributed by atoms with Crippen LogP contribution in [-0.4, -0.2) is 38.6 Å². The fraction of sp³-hybridized carbons (Fsp3) is 0.778. The van der Waals surface area contributed by atoms with Crippen LogP contribution in [0.4, 0.5) is 0 Å². The minimum absolute atomic E-state index is 0.0953. The lowest BCUT2D eigenvalue weighted by Crippen LogP contribution is -2.43. The molecule has 1 amide bonds. The van der Waals surface area contributed by atoms with Crippen molar-refractivity contribution < 1.29 is 14.3 Å². The Morgan fingerprint density at radius 1 is 1.36 bits per heavy atom. The van der Waals surface area contributed by atoms with Gasteiger partial charge in [0, 0.05) is 13.6 Å². The first-order chi connectivity index (χ1) is 6.52. The summed E-state index contributed by atoms with van der Waals surface area (Å²) in [5.41, 5.74) is 0. The van der Waals surface area contributed by atoms with Crippen LogP contribution in [0.2, 0.25) is 0 Å². The molecule has 0 aromatic rings. The van der Waals surface area contributed by atoms with Gasteiger partial charge in [-0.2, -0.15) is 0 Å². The van der Waals surface area contributed by atoms with Crippen LogP contribution >= 0.6 is 0 Å². The van der Waals surface area contributed by atoms with E-state index in [1.165, 1.54) is 7.11 Å². The number of nitrogens with one attached hydrogen (secondary N) is 2. The van der Waals surface area contributed by atoms with E-state index >= 15 is 0 Å². The molecule has 2 unspecified atom stereocenters. The summed E-state index contributed by atoms with van der Waals surface area (Å²) in [5.74, 6) is -0.615.